The van der Waals surface area contributed by atoms with Crippen LogP contribution in [0.3, 0.4) is 0 Å². The molecule has 1 N–H and O–H groups in total. The molecule has 3 aromatic heterocycles. The lowest BCUT2D eigenvalue weighted by molar-refractivity contribution is 0.588. The number of hydrogen-bond donors (Lipinski definition) is 1. The van der Waals surface area contributed by atoms with Gasteiger partial charge in [-0.3, -0.25) is 9.13 Å². The van der Waals surface area contributed by atoms with Crippen LogP contribution in [0.15, 0.2) is 61.3 Å². The average molecular weight is 498 g/mol. The van der Waals surface area contributed by atoms with Gasteiger partial charge in [0.1, 0.15) is 19.8 Å². The Morgan fingerprint density at radius 2 is 1.64 bits per heavy atom. The third-order valence-corrected chi connectivity index (χ3v) is 7.59. The highest BCUT2D eigenvalue weighted by atomic mass is 31.2. The van der Waals surface area contributed by atoms with Crippen molar-refractivity contribution in [2.75, 3.05) is 18.6 Å². The standard InChI is InChI=1S/C27H28N7OP/c1-18-7-6-8-19(2)23(18)13-14-33-17-29-24-25(30-21-9-11-22(12-10-21)36(4,5)35)31-27(32-26(24)33)34-15-20(3)28-16-34/h6-17H,1-5H3,(H,30,31,32). The lowest BCUT2D eigenvalue weighted by Gasteiger charge is -2.11. The van der Waals surface area contributed by atoms with E-state index in [1.165, 1.54) is 16.7 Å². The number of nitrogens with zero attached hydrogens (tertiary/aromatic N) is 6. The van der Waals surface area contributed by atoms with Crippen molar-refractivity contribution in [1.82, 2.24) is 29.1 Å². The minimum Gasteiger partial charge on any atom is -0.338 e. The molecule has 5 aromatic rings. The molecule has 0 spiro atoms. The Morgan fingerprint density at radius 3 is 2.28 bits per heavy atom. The lowest BCUT2D eigenvalue weighted by Crippen LogP contribution is -2.06. The van der Waals surface area contributed by atoms with Crippen LogP contribution in [0.5, 0.6) is 0 Å². The third kappa shape index (κ3) is 4.72. The van der Waals surface area contributed by atoms with E-state index in [4.69, 9.17) is 9.97 Å². The fraction of sp³-hybridized carbons (Fsp3) is 0.185. The van der Waals surface area contributed by atoms with E-state index in [0.29, 0.717) is 22.9 Å². The van der Waals surface area contributed by atoms with Gasteiger partial charge in [0.25, 0.3) is 0 Å². The van der Waals surface area contributed by atoms with E-state index in [1.807, 2.05) is 48.2 Å². The number of imidazole rings is 2. The topological polar surface area (TPSA) is 90.5 Å². The van der Waals surface area contributed by atoms with Gasteiger partial charge in [0.15, 0.2) is 17.0 Å². The maximum Gasteiger partial charge on any atom is 0.239 e. The molecular formula is C27H28N7OP. The summed E-state index contributed by atoms with van der Waals surface area (Å²) in [5.74, 6) is 1.06. The van der Waals surface area contributed by atoms with Crippen LogP contribution in [0.25, 0.3) is 29.4 Å². The number of benzene rings is 2. The Kier molecular flexibility index (Phi) is 6.06. The quantitative estimate of drug-likeness (QED) is 0.309. The summed E-state index contributed by atoms with van der Waals surface area (Å²) in [4.78, 5) is 18.5. The number of aryl methyl sites for hydroxylation is 3. The van der Waals surface area contributed by atoms with E-state index in [-0.39, 0.29) is 0 Å². The van der Waals surface area contributed by atoms with Gasteiger partial charge >= 0.3 is 0 Å². The molecule has 0 bridgehead atoms. The molecule has 5 rings (SSSR count). The van der Waals surface area contributed by atoms with Crippen molar-refractivity contribution in [2.24, 2.45) is 0 Å². The first kappa shape index (κ1) is 23.7. The number of nitrogens with one attached hydrogen (secondary N) is 1. The van der Waals surface area contributed by atoms with Gasteiger partial charge in [0.05, 0.1) is 5.69 Å². The van der Waals surface area contributed by atoms with Crippen LogP contribution in [0.1, 0.15) is 22.4 Å². The van der Waals surface area contributed by atoms with Crippen LogP contribution in [0, 0.1) is 20.8 Å². The molecule has 0 aliphatic carbocycles. The first-order valence-electron chi connectivity index (χ1n) is 11.6. The highest BCUT2D eigenvalue weighted by Crippen LogP contribution is 2.35. The van der Waals surface area contributed by atoms with Crippen molar-refractivity contribution in [3.05, 3.63) is 83.7 Å². The molecule has 0 unspecified atom stereocenters. The summed E-state index contributed by atoms with van der Waals surface area (Å²) in [7, 11) is -2.33. The zero-order valence-electron chi connectivity index (χ0n) is 21.0. The van der Waals surface area contributed by atoms with Gasteiger partial charge in [-0.2, -0.15) is 9.97 Å². The van der Waals surface area contributed by atoms with Crippen molar-refractivity contribution in [1.29, 1.82) is 0 Å². The smallest absolute Gasteiger partial charge is 0.239 e. The molecule has 0 radical (unpaired) electrons. The fourth-order valence-electron chi connectivity index (χ4n) is 4.03. The molecule has 0 saturated heterocycles. The summed E-state index contributed by atoms with van der Waals surface area (Å²) in [6.07, 6.45) is 9.37. The SMILES string of the molecule is Cc1cn(-c2nc(Nc3ccc(P(C)(C)=O)cc3)c3ncn(C=Cc4c(C)cccc4C)c3n2)cn1. The number of aromatic nitrogens is 6. The van der Waals surface area contributed by atoms with Crippen LogP contribution in [-0.4, -0.2) is 42.4 Å². The van der Waals surface area contributed by atoms with Gasteiger partial charge in [-0.25, -0.2) is 9.97 Å². The monoisotopic (exact) mass is 497 g/mol. The number of anilines is 2. The Labute approximate surface area is 210 Å². The summed E-state index contributed by atoms with van der Waals surface area (Å²) < 4.78 is 16.1. The molecule has 0 aliphatic rings. The van der Waals surface area contributed by atoms with Crippen LogP contribution in [-0.2, 0) is 4.57 Å². The van der Waals surface area contributed by atoms with Gasteiger partial charge in [-0.05, 0) is 81.1 Å². The van der Waals surface area contributed by atoms with Gasteiger partial charge < -0.3 is 9.88 Å². The molecule has 8 nitrogen and oxygen atoms in total. The van der Waals surface area contributed by atoms with Crippen molar-refractivity contribution < 1.29 is 4.57 Å². The Morgan fingerprint density at radius 1 is 0.917 bits per heavy atom. The van der Waals surface area contributed by atoms with E-state index < -0.39 is 7.14 Å². The normalized spacial score (nSPS) is 12.0. The predicted molar refractivity (Wildman–Crippen MR) is 147 cm³/mol. The molecular weight excluding hydrogens is 469 g/mol. The second kappa shape index (κ2) is 9.21. The zero-order valence-corrected chi connectivity index (χ0v) is 21.9. The summed E-state index contributed by atoms with van der Waals surface area (Å²) in [5.41, 5.74) is 6.57. The van der Waals surface area contributed by atoms with Crippen LogP contribution >= 0.6 is 7.14 Å². The van der Waals surface area contributed by atoms with Gasteiger partial charge in [0.2, 0.25) is 5.95 Å². The molecule has 0 amide bonds. The second-order valence-corrected chi connectivity index (χ2v) is 12.5. The fourth-order valence-corrected chi connectivity index (χ4v) is 4.90. The Hall–Kier alpha value is -4.03. The first-order valence-corrected chi connectivity index (χ1v) is 14.2. The summed E-state index contributed by atoms with van der Waals surface area (Å²) in [5, 5.41) is 4.20. The minimum atomic E-state index is -2.33. The predicted octanol–water partition coefficient (Wildman–Crippen LogP) is 5.56. The molecule has 0 atom stereocenters. The maximum absolute atomic E-state index is 12.4. The third-order valence-electron chi connectivity index (χ3n) is 6.05. The van der Waals surface area contributed by atoms with Crippen LogP contribution in [0.2, 0.25) is 0 Å². The molecule has 182 valence electrons. The molecule has 0 aliphatic heterocycles. The molecule has 36 heavy (non-hydrogen) atoms. The zero-order chi connectivity index (χ0) is 25.4. The first-order chi connectivity index (χ1) is 17.2. The van der Waals surface area contributed by atoms with Crippen molar-refractivity contribution in [3.8, 4) is 5.95 Å². The van der Waals surface area contributed by atoms with E-state index >= 15 is 0 Å². The second-order valence-electron chi connectivity index (χ2n) is 9.26. The van der Waals surface area contributed by atoms with E-state index in [0.717, 1.165) is 16.7 Å². The Balaban J connectivity index is 1.59. The summed E-state index contributed by atoms with van der Waals surface area (Å²) in [6, 6.07) is 13.8. The van der Waals surface area contributed by atoms with Gasteiger partial charge in [-0.15, -0.1) is 0 Å². The maximum atomic E-state index is 12.4. The van der Waals surface area contributed by atoms with E-state index in [1.54, 1.807) is 30.6 Å². The van der Waals surface area contributed by atoms with Crippen molar-refractivity contribution in [3.63, 3.8) is 0 Å². The van der Waals surface area contributed by atoms with Crippen LogP contribution < -0.4 is 10.6 Å². The lowest BCUT2D eigenvalue weighted by atomic mass is 10.0. The molecule has 0 saturated carbocycles. The average Bonchev–Trinajstić information content (AvgIpc) is 3.45. The van der Waals surface area contributed by atoms with Crippen molar-refractivity contribution in [2.45, 2.75) is 20.8 Å². The Bertz CT molecular complexity index is 1620. The van der Waals surface area contributed by atoms with Gasteiger partial charge in [0, 0.05) is 23.4 Å². The minimum absolute atomic E-state index is 0.482. The number of fused-ring (bicyclic) bond motifs is 1. The molecule has 9 heteroatoms. The van der Waals surface area contributed by atoms with E-state index in [9.17, 15) is 4.57 Å². The number of hydrogen-bond acceptors (Lipinski definition) is 6. The largest absolute Gasteiger partial charge is 0.338 e. The molecule has 0 fully saturated rings. The molecule has 3 heterocycles. The highest BCUT2D eigenvalue weighted by molar-refractivity contribution is 7.70. The molecule has 2 aromatic carbocycles. The van der Waals surface area contributed by atoms with Crippen molar-refractivity contribution >= 4 is 47.4 Å². The van der Waals surface area contributed by atoms with Crippen LogP contribution in [0.4, 0.5) is 11.5 Å². The van der Waals surface area contributed by atoms with Gasteiger partial charge in [-0.1, -0.05) is 18.2 Å². The highest BCUT2D eigenvalue weighted by Gasteiger charge is 2.16. The summed E-state index contributed by atoms with van der Waals surface area (Å²) in [6.45, 7) is 9.66. The van der Waals surface area contributed by atoms with E-state index in [2.05, 4.69) is 53.4 Å². The summed E-state index contributed by atoms with van der Waals surface area (Å²) >= 11 is 0. The number of rotatable bonds is 6.